The third-order valence-electron chi connectivity index (χ3n) is 2.59. The minimum atomic E-state index is -0.325. The van der Waals surface area contributed by atoms with Crippen LogP contribution in [0.1, 0.15) is 31.9 Å². The predicted octanol–water partition coefficient (Wildman–Crippen LogP) is 3.53. The maximum Gasteiger partial charge on any atom is 0.129 e. The van der Waals surface area contributed by atoms with Crippen LogP contribution in [-0.4, -0.2) is 0 Å². The summed E-state index contributed by atoms with van der Waals surface area (Å²) < 4.78 is 13.4. The van der Waals surface area contributed by atoms with Crippen LogP contribution in [0.4, 0.5) is 4.39 Å². The Morgan fingerprint density at radius 1 is 1.50 bits per heavy atom. The average molecular weight is 216 g/mol. The van der Waals surface area contributed by atoms with E-state index in [-0.39, 0.29) is 17.8 Å². The first kappa shape index (κ1) is 11.5. The quantitative estimate of drug-likeness (QED) is 0.820. The fourth-order valence-electron chi connectivity index (χ4n) is 1.37. The normalized spacial score (nSPS) is 15.2. The van der Waals surface area contributed by atoms with Gasteiger partial charge in [0, 0.05) is 16.6 Å². The SMILES string of the molecule is CCC(C)[C@@H](N)c1c(F)cccc1Cl. The first-order valence-electron chi connectivity index (χ1n) is 4.77. The highest BCUT2D eigenvalue weighted by atomic mass is 35.5. The summed E-state index contributed by atoms with van der Waals surface area (Å²) in [7, 11) is 0. The Morgan fingerprint density at radius 3 is 2.64 bits per heavy atom. The molecule has 1 rings (SSSR count). The molecule has 1 unspecified atom stereocenters. The highest BCUT2D eigenvalue weighted by Gasteiger charge is 2.19. The molecule has 3 heteroatoms. The van der Waals surface area contributed by atoms with Crippen LogP contribution in [-0.2, 0) is 0 Å². The van der Waals surface area contributed by atoms with Crippen LogP contribution < -0.4 is 5.73 Å². The van der Waals surface area contributed by atoms with Crippen LogP contribution in [0.2, 0.25) is 5.02 Å². The van der Waals surface area contributed by atoms with Crippen molar-refractivity contribution in [1.29, 1.82) is 0 Å². The summed E-state index contributed by atoms with van der Waals surface area (Å²) in [4.78, 5) is 0. The van der Waals surface area contributed by atoms with Gasteiger partial charge in [0.2, 0.25) is 0 Å². The number of hydrogen-bond donors (Lipinski definition) is 1. The van der Waals surface area contributed by atoms with Crippen LogP contribution >= 0.6 is 11.6 Å². The zero-order chi connectivity index (χ0) is 10.7. The molecule has 1 nitrogen and oxygen atoms in total. The van der Waals surface area contributed by atoms with E-state index in [1.54, 1.807) is 12.1 Å². The Bertz CT molecular complexity index is 294. The molecule has 0 amide bonds. The van der Waals surface area contributed by atoms with Gasteiger partial charge in [0.25, 0.3) is 0 Å². The Balaban J connectivity index is 3.05. The molecule has 0 saturated heterocycles. The van der Waals surface area contributed by atoms with E-state index in [0.717, 1.165) is 6.42 Å². The van der Waals surface area contributed by atoms with Crippen molar-refractivity contribution < 1.29 is 4.39 Å². The second kappa shape index (κ2) is 4.76. The van der Waals surface area contributed by atoms with E-state index in [9.17, 15) is 4.39 Å². The third kappa shape index (κ3) is 2.25. The van der Waals surface area contributed by atoms with Crippen molar-refractivity contribution in [2.75, 3.05) is 0 Å². The molecular weight excluding hydrogens is 201 g/mol. The monoisotopic (exact) mass is 215 g/mol. The number of hydrogen-bond acceptors (Lipinski definition) is 1. The lowest BCUT2D eigenvalue weighted by Gasteiger charge is -2.20. The van der Waals surface area contributed by atoms with E-state index in [2.05, 4.69) is 0 Å². The summed E-state index contributed by atoms with van der Waals surface area (Å²) in [5.41, 5.74) is 6.36. The van der Waals surface area contributed by atoms with Crippen molar-refractivity contribution in [2.24, 2.45) is 11.7 Å². The van der Waals surface area contributed by atoms with Gasteiger partial charge in [-0.3, -0.25) is 0 Å². The fraction of sp³-hybridized carbons (Fsp3) is 0.455. The molecular formula is C11H15ClFN. The summed E-state index contributed by atoms with van der Waals surface area (Å²) in [6.45, 7) is 4.02. The molecule has 1 aromatic rings. The Hall–Kier alpha value is -0.600. The van der Waals surface area contributed by atoms with E-state index in [0.29, 0.717) is 10.6 Å². The lowest BCUT2D eigenvalue weighted by molar-refractivity contribution is 0.439. The summed E-state index contributed by atoms with van der Waals surface area (Å²) in [5.74, 6) is -0.0882. The maximum absolute atomic E-state index is 13.4. The zero-order valence-electron chi connectivity index (χ0n) is 8.43. The van der Waals surface area contributed by atoms with Crippen molar-refractivity contribution in [2.45, 2.75) is 26.3 Å². The van der Waals surface area contributed by atoms with Crippen LogP contribution in [0.15, 0.2) is 18.2 Å². The van der Waals surface area contributed by atoms with E-state index in [4.69, 9.17) is 17.3 Å². The number of rotatable bonds is 3. The molecule has 0 aliphatic heterocycles. The highest BCUT2D eigenvalue weighted by Crippen LogP contribution is 2.29. The second-order valence-corrected chi connectivity index (χ2v) is 3.95. The van der Waals surface area contributed by atoms with Crippen LogP contribution in [0.25, 0.3) is 0 Å². The molecule has 0 heterocycles. The largest absolute Gasteiger partial charge is 0.324 e. The van der Waals surface area contributed by atoms with Crippen molar-refractivity contribution >= 4 is 11.6 Å². The van der Waals surface area contributed by atoms with Crippen LogP contribution in [0, 0.1) is 11.7 Å². The van der Waals surface area contributed by atoms with Gasteiger partial charge in [-0.05, 0) is 18.1 Å². The van der Waals surface area contributed by atoms with Crippen molar-refractivity contribution in [3.63, 3.8) is 0 Å². The molecule has 0 fully saturated rings. The standard InChI is InChI=1S/C11H15ClFN/c1-3-7(2)11(14)10-8(12)5-4-6-9(10)13/h4-7,11H,3,14H2,1-2H3/t7?,11-/m1/s1. The van der Waals surface area contributed by atoms with Gasteiger partial charge in [0.1, 0.15) is 5.82 Å². The zero-order valence-corrected chi connectivity index (χ0v) is 9.18. The molecule has 0 aliphatic rings. The lowest BCUT2D eigenvalue weighted by Crippen LogP contribution is -2.20. The molecule has 2 atom stereocenters. The molecule has 0 aliphatic carbocycles. The minimum absolute atomic E-state index is 0.226. The number of nitrogens with two attached hydrogens (primary N) is 1. The van der Waals surface area contributed by atoms with Gasteiger partial charge in [0.05, 0.1) is 0 Å². The van der Waals surface area contributed by atoms with E-state index in [1.165, 1.54) is 6.07 Å². The molecule has 78 valence electrons. The highest BCUT2D eigenvalue weighted by molar-refractivity contribution is 6.31. The minimum Gasteiger partial charge on any atom is -0.324 e. The smallest absolute Gasteiger partial charge is 0.129 e. The van der Waals surface area contributed by atoms with Crippen molar-refractivity contribution in [3.05, 3.63) is 34.6 Å². The molecule has 1 aromatic carbocycles. The molecule has 0 spiro atoms. The molecule has 0 radical (unpaired) electrons. The van der Waals surface area contributed by atoms with Gasteiger partial charge >= 0.3 is 0 Å². The second-order valence-electron chi connectivity index (χ2n) is 3.55. The average Bonchev–Trinajstić information content (AvgIpc) is 2.16. The molecule has 0 aromatic heterocycles. The number of halogens is 2. The maximum atomic E-state index is 13.4. The molecule has 14 heavy (non-hydrogen) atoms. The molecule has 0 saturated carbocycles. The van der Waals surface area contributed by atoms with Gasteiger partial charge in [-0.1, -0.05) is 37.9 Å². The van der Waals surface area contributed by atoms with Gasteiger partial charge in [0.15, 0.2) is 0 Å². The van der Waals surface area contributed by atoms with Gasteiger partial charge < -0.3 is 5.73 Å². The summed E-state index contributed by atoms with van der Waals surface area (Å²) >= 11 is 5.91. The molecule has 2 N–H and O–H groups in total. The Morgan fingerprint density at radius 2 is 2.14 bits per heavy atom. The van der Waals surface area contributed by atoms with Crippen molar-refractivity contribution in [1.82, 2.24) is 0 Å². The van der Waals surface area contributed by atoms with E-state index >= 15 is 0 Å². The van der Waals surface area contributed by atoms with Crippen molar-refractivity contribution in [3.8, 4) is 0 Å². The van der Waals surface area contributed by atoms with Gasteiger partial charge in [-0.25, -0.2) is 4.39 Å². The fourth-order valence-corrected chi connectivity index (χ4v) is 1.66. The number of benzene rings is 1. The third-order valence-corrected chi connectivity index (χ3v) is 2.92. The summed E-state index contributed by atoms with van der Waals surface area (Å²) in [6.07, 6.45) is 0.909. The van der Waals surface area contributed by atoms with E-state index < -0.39 is 0 Å². The summed E-state index contributed by atoms with van der Waals surface area (Å²) in [6, 6.07) is 4.32. The first-order chi connectivity index (χ1) is 6.57. The van der Waals surface area contributed by atoms with Crippen LogP contribution in [0.5, 0.6) is 0 Å². The van der Waals surface area contributed by atoms with E-state index in [1.807, 2.05) is 13.8 Å². The first-order valence-corrected chi connectivity index (χ1v) is 5.15. The van der Waals surface area contributed by atoms with Crippen LogP contribution in [0.3, 0.4) is 0 Å². The Kier molecular flexibility index (Phi) is 3.90. The molecule has 0 bridgehead atoms. The van der Waals surface area contributed by atoms with Gasteiger partial charge in [-0.2, -0.15) is 0 Å². The Labute approximate surface area is 89.1 Å². The van der Waals surface area contributed by atoms with Gasteiger partial charge in [-0.15, -0.1) is 0 Å². The summed E-state index contributed by atoms with van der Waals surface area (Å²) in [5, 5.41) is 0.415. The lowest BCUT2D eigenvalue weighted by atomic mass is 9.93. The predicted molar refractivity (Wildman–Crippen MR) is 57.8 cm³/mol. The topological polar surface area (TPSA) is 26.0 Å².